The number of aromatic hydroxyl groups is 1. The van der Waals surface area contributed by atoms with Gasteiger partial charge in [0.1, 0.15) is 11.3 Å². The van der Waals surface area contributed by atoms with Crippen LogP contribution < -0.4 is 5.32 Å². The molecule has 2 N–H and O–H groups in total. The Kier molecular flexibility index (Phi) is 4.79. The van der Waals surface area contributed by atoms with Crippen LogP contribution in [0.15, 0.2) is 72.9 Å². The minimum Gasteiger partial charge on any atom is -0.506 e. The van der Waals surface area contributed by atoms with Crippen molar-refractivity contribution in [3.8, 4) is 16.9 Å². The number of anilines is 1. The summed E-state index contributed by atoms with van der Waals surface area (Å²) in [5, 5.41) is 13.3. The molecule has 4 aromatic rings. The Morgan fingerprint density at radius 2 is 1.77 bits per heavy atom. The summed E-state index contributed by atoms with van der Waals surface area (Å²) in [5.74, 6) is -0.331. The van der Waals surface area contributed by atoms with Crippen LogP contribution in [-0.4, -0.2) is 21.7 Å². The molecule has 2 heterocycles. The van der Waals surface area contributed by atoms with Gasteiger partial charge in [-0.1, -0.05) is 54.6 Å². The monoisotopic (exact) mass is 410 g/mol. The number of aldehydes is 1. The van der Waals surface area contributed by atoms with Crippen LogP contribution in [0.25, 0.3) is 16.6 Å². The first-order valence-corrected chi connectivity index (χ1v) is 10.4. The van der Waals surface area contributed by atoms with E-state index in [9.17, 15) is 14.7 Å². The molecule has 5 nitrogen and oxygen atoms in total. The molecule has 0 atom stereocenters. The Labute approximate surface area is 180 Å². The number of amides is 1. The summed E-state index contributed by atoms with van der Waals surface area (Å²) >= 11 is 0. The molecule has 31 heavy (non-hydrogen) atoms. The third kappa shape index (κ3) is 3.48. The number of hydrogen-bond donors (Lipinski definition) is 2. The van der Waals surface area contributed by atoms with Crippen molar-refractivity contribution in [3.05, 3.63) is 89.7 Å². The van der Waals surface area contributed by atoms with E-state index >= 15 is 0 Å². The van der Waals surface area contributed by atoms with Crippen LogP contribution in [0.5, 0.6) is 5.75 Å². The second kappa shape index (κ2) is 7.76. The summed E-state index contributed by atoms with van der Waals surface area (Å²) in [5.41, 5.74) is 6.57. The van der Waals surface area contributed by atoms with Crippen LogP contribution in [0.4, 0.5) is 5.69 Å². The highest BCUT2D eigenvalue weighted by Gasteiger charge is 2.34. The van der Waals surface area contributed by atoms with Gasteiger partial charge >= 0.3 is 0 Å². The number of carbonyl (C=O) groups is 2. The first-order chi connectivity index (χ1) is 15.2. The maximum atomic E-state index is 12.0. The molecule has 1 aliphatic rings. The molecule has 1 aliphatic carbocycles. The van der Waals surface area contributed by atoms with E-state index in [0.717, 1.165) is 40.8 Å². The average molecular weight is 410 g/mol. The van der Waals surface area contributed by atoms with Crippen LogP contribution >= 0.6 is 0 Å². The minimum atomic E-state index is -0.714. The highest BCUT2D eigenvalue weighted by molar-refractivity contribution is 6.30. The summed E-state index contributed by atoms with van der Waals surface area (Å²) in [4.78, 5) is 23.0. The van der Waals surface area contributed by atoms with Crippen LogP contribution in [0.2, 0.25) is 0 Å². The number of hydrogen-bond acceptors (Lipinski definition) is 3. The molecule has 2 aromatic carbocycles. The Morgan fingerprint density at radius 3 is 2.52 bits per heavy atom. The third-order valence-corrected chi connectivity index (χ3v) is 5.88. The van der Waals surface area contributed by atoms with Gasteiger partial charge in [0.05, 0.1) is 5.69 Å². The lowest BCUT2D eigenvalue weighted by atomic mass is 9.95. The van der Waals surface area contributed by atoms with Gasteiger partial charge in [-0.25, -0.2) is 0 Å². The van der Waals surface area contributed by atoms with E-state index in [-0.39, 0.29) is 12.0 Å². The topological polar surface area (TPSA) is 70.8 Å². The largest absolute Gasteiger partial charge is 0.506 e. The summed E-state index contributed by atoms with van der Waals surface area (Å²) in [7, 11) is 0. The fraction of sp³-hybridized carbons (Fsp3) is 0.154. The van der Waals surface area contributed by atoms with E-state index in [1.54, 1.807) is 12.1 Å². The van der Waals surface area contributed by atoms with Gasteiger partial charge in [-0.15, -0.1) is 0 Å². The molecule has 1 saturated carbocycles. The first kappa shape index (κ1) is 19.1. The molecule has 0 bridgehead atoms. The Hall–Kier alpha value is -3.86. The Bertz CT molecular complexity index is 1290. The van der Waals surface area contributed by atoms with Gasteiger partial charge < -0.3 is 14.8 Å². The summed E-state index contributed by atoms with van der Waals surface area (Å²) < 4.78 is 1.95. The molecule has 1 amide bonds. The highest BCUT2D eigenvalue weighted by Crippen LogP contribution is 2.49. The quantitative estimate of drug-likeness (QED) is 0.350. The van der Waals surface area contributed by atoms with Gasteiger partial charge in [-0.3, -0.25) is 9.59 Å². The molecule has 0 spiro atoms. The molecule has 2 aromatic heterocycles. The lowest BCUT2D eigenvalue weighted by Gasteiger charge is -2.12. The van der Waals surface area contributed by atoms with Gasteiger partial charge in [0.2, 0.25) is 6.29 Å². The van der Waals surface area contributed by atoms with Crippen molar-refractivity contribution in [3.63, 3.8) is 0 Å². The average Bonchev–Trinajstić information content (AvgIpc) is 3.59. The van der Waals surface area contributed by atoms with Gasteiger partial charge in [0.15, 0.2) is 0 Å². The van der Waals surface area contributed by atoms with E-state index in [2.05, 4.69) is 29.6 Å². The van der Waals surface area contributed by atoms with Crippen molar-refractivity contribution in [1.82, 2.24) is 4.40 Å². The molecule has 0 unspecified atom stereocenters. The van der Waals surface area contributed by atoms with Crippen molar-refractivity contribution in [2.24, 2.45) is 0 Å². The van der Waals surface area contributed by atoms with Gasteiger partial charge in [0.25, 0.3) is 5.91 Å². The molecule has 0 aliphatic heterocycles. The summed E-state index contributed by atoms with van der Waals surface area (Å²) in [6, 6.07) is 21.9. The summed E-state index contributed by atoms with van der Waals surface area (Å²) in [6.07, 6.45) is 4.85. The predicted octanol–water partition coefficient (Wildman–Crippen LogP) is 4.92. The third-order valence-electron chi connectivity index (χ3n) is 5.88. The molecular weight excluding hydrogens is 388 g/mol. The molecule has 0 radical (unpaired) electrons. The maximum Gasteiger partial charge on any atom is 0.288 e. The van der Waals surface area contributed by atoms with Crippen LogP contribution in [-0.2, 0) is 16.0 Å². The van der Waals surface area contributed by atoms with Crippen LogP contribution in [0.3, 0.4) is 0 Å². The van der Waals surface area contributed by atoms with Crippen molar-refractivity contribution in [2.45, 2.75) is 25.2 Å². The van der Waals surface area contributed by atoms with E-state index in [4.69, 9.17) is 0 Å². The SMILES string of the molecule is O=CC(=O)Nc1c(C2CC2)c(Cc2ccccc2-c2ccccc2)n2cccc(O)c12. The Balaban J connectivity index is 1.70. The number of nitrogens with zero attached hydrogens (tertiary/aromatic N) is 1. The van der Waals surface area contributed by atoms with Gasteiger partial charge in [0, 0.05) is 23.9 Å². The first-order valence-electron chi connectivity index (χ1n) is 10.4. The predicted molar refractivity (Wildman–Crippen MR) is 120 cm³/mol. The molecule has 5 heteroatoms. The number of rotatable bonds is 6. The summed E-state index contributed by atoms with van der Waals surface area (Å²) in [6.45, 7) is 0. The molecule has 1 fully saturated rings. The van der Waals surface area contributed by atoms with E-state index in [1.807, 2.05) is 40.9 Å². The zero-order chi connectivity index (χ0) is 21.4. The van der Waals surface area contributed by atoms with E-state index in [1.165, 1.54) is 0 Å². The van der Waals surface area contributed by atoms with Crippen molar-refractivity contribution < 1.29 is 14.7 Å². The van der Waals surface area contributed by atoms with E-state index < -0.39 is 5.91 Å². The fourth-order valence-electron chi connectivity index (χ4n) is 4.40. The van der Waals surface area contributed by atoms with Crippen molar-refractivity contribution in [1.29, 1.82) is 0 Å². The van der Waals surface area contributed by atoms with Crippen LogP contribution in [0, 0.1) is 0 Å². The number of nitrogens with one attached hydrogen (secondary N) is 1. The smallest absolute Gasteiger partial charge is 0.288 e. The molecule has 5 rings (SSSR count). The number of benzene rings is 2. The van der Waals surface area contributed by atoms with Crippen molar-refractivity contribution in [2.75, 3.05) is 5.32 Å². The van der Waals surface area contributed by atoms with Crippen LogP contribution in [0.1, 0.15) is 35.6 Å². The van der Waals surface area contributed by atoms with E-state index in [0.29, 0.717) is 23.5 Å². The number of pyridine rings is 1. The normalized spacial score (nSPS) is 13.3. The van der Waals surface area contributed by atoms with Gasteiger partial charge in [-0.2, -0.15) is 0 Å². The molecular formula is C26H22N2O3. The Morgan fingerprint density at radius 1 is 1.03 bits per heavy atom. The lowest BCUT2D eigenvalue weighted by Crippen LogP contribution is -2.13. The number of fused-ring (bicyclic) bond motifs is 1. The lowest BCUT2D eigenvalue weighted by molar-refractivity contribution is -0.127. The second-order valence-corrected chi connectivity index (χ2v) is 7.93. The van der Waals surface area contributed by atoms with Gasteiger partial charge in [-0.05, 0) is 47.6 Å². The second-order valence-electron chi connectivity index (χ2n) is 7.93. The standard InChI is InChI=1S/C26H22N2O3/c29-16-23(31)27-25-24(18-12-13-18)21(28-14-6-11-22(30)26(25)28)15-19-9-4-5-10-20(19)17-7-2-1-3-8-17/h1-11,14,16,18,30H,12-13,15H2,(H,27,31). The highest BCUT2D eigenvalue weighted by atomic mass is 16.3. The van der Waals surface area contributed by atoms with Crippen molar-refractivity contribution >= 4 is 23.4 Å². The minimum absolute atomic E-state index is 0.0770. The zero-order valence-electron chi connectivity index (χ0n) is 16.9. The molecule has 154 valence electrons. The maximum absolute atomic E-state index is 12.0. The zero-order valence-corrected chi connectivity index (χ0v) is 16.9. The number of aromatic nitrogens is 1. The number of carbonyl (C=O) groups excluding carboxylic acids is 2. The molecule has 0 saturated heterocycles. The fourth-order valence-corrected chi connectivity index (χ4v) is 4.40.